The highest BCUT2D eigenvalue weighted by atomic mass is 32.2. The summed E-state index contributed by atoms with van der Waals surface area (Å²) in [6, 6.07) is 4.98. The van der Waals surface area contributed by atoms with Gasteiger partial charge in [0.15, 0.2) is 12.1 Å². The van der Waals surface area contributed by atoms with Crippen LogP contribution in [0.3, 0.4) is 0 Å². The first-order chi connectivity index (χ1) is 13.5. The molecule has 1 aromatic rings. The van der Waals surface area contributed by atoms with E-state index >= 15 is 0 Å². The summed E-state index contributed by atoms with van der Waals surface area (Å²) in [5, 5.41) is 28.2. The summed E-state index contributed by atoms with van der Waals surface area (Å²) < 4.78 is 32.2. The maximum absolute atomic E-state index is 12.8. The van der Waals surface area contributed by atoms with Gasteiger partial charge in [-0.25, -0.2) is 9.57 Å². The van der Waals surface area contributed by atoms with Crippen LogP contribution in [0.1, 0.15) is 18.9 Å². The Hall–Kier alpha value is -2.41. The number of aryl methyl sites for hydroxylation is 1. The fourth-order valence-electron chi connectivity index (χ4n) is 4.32. The summed E-state index contributed by atoms with van der Waals surface area (Å²) in [4.78, 5) is 4.22. The lowest BCUT2D eigenvalue weighted by atomic mass is 9.85. The summed E-state index contributed by atoms with van der Waals surface area (Å²) in [6.07, 6.45) is -0.969. The van der Waals surface area contributed by atoms with Crippen LogP contribution in [-0.4, -0.2) is 71.3 Å². The van der Waals surface area contributed by atoms with Crippen LogP contribution in [0.25, 0.3) is 0 Å². The molecule has 0 aliphatic carbocycles. The van der Waals surface area contributed by atoms with Crippen LogP contribution in [0.15, 0.2) is 34.2 Å². The van der Waals surface area contributed by atoms with Gasteiger partial charge >= 0.3 is 5.96 Å². The zero-order valence-corrected chi connectivity index (χ0v) is 16.8. The molecule has 29 heavy (non-hydrogen) atoms. The van der Waals surface area contributed by atoms with Gasteiger partial charge in [0.1, 0.15) is 18.6 Å². The third-order valence-corrected chi connectivity index (χ3v) is 7.14. The van der Waals surface area contributed by atoms with Crippen molar-refractivity contribution in [2.75, 3.05) is 6.54 Å². The summed E-state index contributed by atoms with van der Waals surface area (Å²) in [7, 11) is -4.27. The predicted octanol–water partition coefficient (Wildman–Crippen LogP) is -2.54. The van der Waals surface area contributed by atoms with Crippen LogP contribution < -0.4 is 22.1 Å². The number of rotatable bonds is 4. The molecule has 3 aliphatic rings. The lowest BCUT2D eigenvalue weighted by Crippen LogP contribution is -2.78. The van der Waals surface area contributed by atoms with Gasteiger partial charge in [-0.15, -0.1) is 0 Å². The van der Waals surface area contributed by atoms with Gasteiger partial charge in [0.2, 0.25) is 5.66 Å². The monoisotopic (exact) mass is 425 g/mol. The number of nitrogens with one attached hydrogen (secondary N) is 2. The van der Waals surface area contributed by atoms with E-state index in [1.54, 1.807) is 12.1 Å². The van der Waals surface area contributed by atoms with E-state index in [1.807, 2.05) is 13.8 Å². The average molecular weight is 425 g/mol. The van der Waals surface area contributed by atoms with E-state index in [-0.39, 0.29) is 29.4 Å². The Morgan fingerprint density at radius 1 is 1.31 bits per heavy atom. The molecule has 0 bridgehead atoms. The van der Waals surface area contributed by atoms with E-state index in [0.29, 0.717) is 6.42 Å². The largest absolute Gasteiger partial charge is 0.370 e. The average Bonchev–Trinajstić information content (AvgIpc) is 3.11. The van der Waals surface area contributed by atoms with E-state index < -0.39 is 33.7 Å². The third-order valence-electron chi connectivity index (χ3n) is 5.81. The molecule has 8 N–H and O–H groups in total. The Morgan fingerprint density at radius 2 is 1.97 bits per heavy atom. The van der Waals surface area contributed by atoms with Crippen LogP contribution in [-0.2, 0) is 14.3 Å². The lowest BCUT2D eigenvalue weighted by molar-refractivity contribution is -0.623. The molecule has 158 valence electrons. The minimum absolute atomic E-state index is 0.00414. The number of hydrogen-bond acceptors (Lipinski definition) is 10. The van der Waals surface area contributed by atoms with Gasteiger partial charge in [-0.2, -0.15) is 8.42 Å². The Balaban J connectivity index is 1.74. The molecule has 3 heterocycles. The number of aliphatic hydroxyl groups is 2. The molecule has 1 fully saturated rings. The van der Waals surface area contributed by atoms with Crippen molar-refractivity contribution in [1.29, 1.82) is 0 Å². The Labute approximate surface area is 168 Å². The first kappa shape index (κ1) is 19.9. The second-order valence-electron chi connectivity index (χ2n) is 7.58. The van der Waals surface area contributed by atoms with Crippen molar-refractivity contribution in [3.63, 3.8) is 0 Å². The molecular formula is C17H25N6O5S+. The van der Waals surface area contributed by atoms with Crippen molar-refractivity contribution >= 4 is 22.0 Å². The molecule has 0 amide bonds. The first-order valence-electron chi connectivity index (χ1n) is 9.25. The summed E-state index contributed by atoms with van der Waals surface area (Å²) in [5.74, 6) is -2.51. The predicted molar refractivity (Wildman–Crippen MR) is 103 cm³/mol. The van der Waals surface area contributed by atoms with Gasteiger partial charge in [0.25, 0.3) is 15.9 Å². The minimum atomic E-state index is -4.27. The molecule has 11 nitrogen and oxygen atoms in total. The quantitative estimate of drug-likeness (QED) is 0.172. The van der Waals surface area contributed by atoms with Crippen molar-refractivity contribution in [3.8, 4) is 0 Å². The fraction of sp³-hybridized carbons (Fsp3) is 0.529. The van der Waals surface area contributed by atoms with Gasteiger partial charge in [0, 0.05) is 0 Å². The highest BCUT2D eigenvalue weighted by Crippen LogP contribution is 2.43. The van der Waals surface area contributed by atoms with E-state index in [9.17, 15) is 18.6 Å². The zero-order chi connectivity index (χ0) is 21.2. The van der Waals surface area contributed by atoms with Crippen LogP contribution in [0.2, 0.25) is 0 Å². The molecule has 4 atom stereocenters. The van der Waals surface area contributed by atoms with Crippen LogP contribution in [0.5, 0.6) is 0 Å². The molecule has 1 saturated heterocycles. The van der Waals surface area contributed by atoms with E-state index in [0.717, 1.165) is 5.56 Å². The molecule has 12 heteroatoms. The lowest BCUT2D eigenvalue weighted by Gasteiger charge is -2.43. The number of aliphatic imine (C=N–C) groups is 1. The topological polar surface area (TPSA) is 175 Å². The summed E-state index contributed by atoms with van der Waals surface area (Å²) >= 11 is 0. The van der Waals surface area contributed by atoms with Gasteiger partial charge in [0.05, 0.1) is 4.90 Å². The van der Waals surface area contributed by atoms with Crippen molar-refractivity contribution in [1.82, 2.24) is 10.6 Å². The zero-order valence-electron chi connectivity index (χ0n) is 16.0. The molecule has 1 spiro atoms. The number of benzene rings is 1. The van der Waals surface area contributed by atoms with E-state index in [1.165, 1.54) is 16.7 Å². The van der Waals surface area contributed by atoms with Crippen LogP contribution in [0.4, 0.5) is 0 Å². The molecule has 0 unspecified atom stereocenters. The van der Waals surface area contributed by atoms with Crippen molar-refractivity contribution in [2.24, 2.45) is 16.5 Å². The Bertz CT molecular complexity index is 1010. The van der Waals surface area contributed by atoms with Gasteiger partial charge in [-0.1, -0.05) is 24.6 Å². The molecule has 1 aromatic carbocycles. The molecule has 3 aliphatic heterocycles. The van der Waals surface area contributed by atoms with E-state index in [4.69, 9.17) is 15.7 Å². The highest BCUT2D eigenvalue weighted by Gasteiger charge is 2.75. The normalized spacial score (nSPS) is 32.8. The third kappa shape index (κ3) is 2.70. The maximum Gasteiger partial charge on any atom is 0.346 e. The molecule has 4 rings (SSSR count). The van der Waals surface area contributed by atoms with Crippen molar-refractivity contribution in [2.45, 2.75) is 54.8 Å². The number of hydrogen-bond donors (Lipinski definition) is 6. The second kappa shape index (κ2) is 6.29. The SMILES string of the molecule is CC[C@@H]1NC(N)=[N+]2C[C@H](OS(=O)(=O)c3ccc(C)cc3)C(O)(O)[C@@]23NC(N)=N[C@@H]13. The van der Waals surface area contributed by atoms with Crippen LogP contribution >= 0.6 is 0 Å². The van der Waals surface area contributed by atoms with E-state index in [2.05, 4.69) is 15.6 Å². The Morgan fingerprint density at radius 3 is 2.59 bits per heavy atom. The number of nitrogens with zero attached hydrogens (tertiary/aromatic N) is 2. The maximum atomic E-state index is 12.8. The van der Waals surface area contributed by atoms with Gasteiger partial charge in [-0.05, 0) is 25.5 Å². The second-order valence-corrected chi connectivity index (χ2v) is 9.16. The number of nitrogens with two attached hydrogens (primary N) is 2. The first-order valence-corrected chi connectivity index (χ1v) is 10.7. The smallest absolute Gasteiger partial charge is 0.346 e. The van der Waals surface area contributed by atoms with Gasteiger partial charge in [-0.3, -0.25) is 15.2 Å². The molecule has 0 saturated carbocycles. The number of guanidine groups is 2. The Kier molecular flexibility index (Phi) is 4.31. The van der Waals surface area contributed by atoms with Gasteiger partial charge < -0.3 is 21.3 Å². The van der Waals surface area contributed by atoms with Crippen LogP contribution in [0, 0.1) is 6.92 Å². The van der Waals surface area contributed by atoms with Crippen molar-refractivity contribution < 1.29 is 27.4 Å². The molecule has 0 radical (unpaired) electrons. The summed E-state index contributed by atoms with van der Waals surface area (Å²) in [5.41, 5.74) is 11.2. The molecule has 0 aromatic heterocycles. The highest BCUT2D eigenvalue weighted by molar-refractivity contribution is 7.86. The summed E-state index contributed by atoms with van der Waals surface area (Å²) in [6.45, 7) is 3.50. The van der Waals surface area contributed by atoms with Crippen molar-refractivity contribution in [3.05, 3.63) is 29.8 Å². The standard InChI is InChI=1S/C17H24N6O5S/c1-3-11-13-16(22-14(18)21-13)17(24,25)12(8-23(16)15(19)20-11)28-29(26,27)10-6-4-9(2)5-7-10/h4-7,11-13,24-25H,3,8H2,1-2H3,(H5,18,19,20,21,22)/p+1/t11-,12-,13-,16-/m0/s1. The minimum Gasteiger partial charge on any atom is -0.370 e. The molecular weight excluding hydrogens is 400 g/mol. The fourth-order valence-corrected chi connectivity index (χ4v) is 5.40.